The Bertz CT molecular complexity index is 1250. The summed E-state index contributed by atoms with van der Waals surface area (Å²) in [7, 11) is 0. The molecule has 0 bridgehead atoms. The number of aryl methyl sites for hydroxylation is 3. The lowest BCUT2D eigenvalue weighted by molar-refractivity contribution is -0.0341. The van der Waals surface area contributed by atoms with Crippen molar-refractivity contribution in [3.8, 4) is 11.5 Å². The Hall–Kier alpha value is -3.02. The third-order valence-corrected chi connectivity index (χ3v) is 7.57. The van der Waals surface area contributed by atoms with Crippen LogP contribution in [0.5, 0.6) is 11.5 Å². The second kappa shape index (κ2) is 12.1. The first-order valence-electron chi connectivity index (χ1n) is 14.5. The molecule has 0 unspecified atom stereocenters. The van der Waals surface area contributed by atoms with Crippen LogP contribution in [-0.4, -0.2) is 23.5 Å². The van der Waals surface area contributed by atoms with Gasteiger partial charge in [0, 0.05) is 11.0 Å². The zero-order valence-electron chi connectivity index (χ0n) is 28.0. The Labute approximate surface area is 248 Å². The molecular weight excluding hydrogens is 516 g/mol. The van der Waals surface area contributed by atoms with Gasteiger partial charge in [-0.3, -0.25) is 0 Å². The SMILES string of the molecule is Cc1cc(C(C)(C)C(C)(C)OC(=O)Oc2c(C)cc(CC(C)C)cc2C(C)(C)C)cc(C)c1OC(=O)OC(C)(C)C. The van der Waals surface area contributed by atoms with Gasteiger partial charge in [-0.15, -0.1) is 0 Å². The van der Waals surface area contributed by atoms with E-state index in [-0.39, 0.29) is 5.41 Å². The number of ether oxygens (including phenoxy) is 4. The van der Waals surface area contributed by atoms with E-state index in [4.69, 9.17) is 18.9 Å². The Morgan fingerprint density at radius 3 is 1.61 bits per heavy atom. The van der Waals surface area contributed by atoms with Crippen molar-refractivity contribution in [2.24, 2.45) is 5.92 Å². The van der Waals surface area contributed by atoms with Crippen molar-refractivity contribution in [1.29, 1.82) is 0 Å². The summed E-state index contributed by atoms with van der Waals surface area (Å²) in [4.78, 5) is 25.6. The molecule has 0 spiro atoms. The minimum Gasteiger partial charge on any atom is -0.428 e. The highest BCUT2D eigenvalue weighted by atomic mass is 16.7. The van der Waals surface area contributed by atoms with E-state index < -0.39 is 28.9 Å². The molecule has 2 rings (SSSR count). The normalized spacial score (nSPS) is 12.8. The van der Waals surface area contributed by atoms with Crippen molar-refractivity contribution in [1.82, 2.24) is 0 Å². The summed E-state index contributed by atoms with van der Waals surface area (Å²) in [6, 6.07) is 8.16. The number of carbonyl (C=O) groups excluding carboxylic acids is 2. The van der Waals surface area contributed by atoms with Crippen LogP contribution >= 0.6 is 0 Å². The van der Waals surface area contributed by atoms with Gasteiger partial charge < -0.3 is 18.9 Å². The standard InChI is InChI=1S/C35H52O6/c1-21(2)16-25-17-22(3)29(27(20-25)32(6,7)8)39-31(37)41-35(14,15)34(12,13)26-18-23(4)28(24(5)19-26)38-30(36)40-33(9,10)11/h17-21H,16H2,1-15H3. The highest BCUT2D eigenvalue weighted by Gasteiger charge is 2.43. The predicted octanol–water partition coefficient (Wildman–Crippen LogP) is 9.69. The summed E-state index contributed by atoms with van der Waals surface area (Å²) in [5.74, 6) is 1.54. The summed E-state index contributed by atoms with van der Waals surface area (Å²) >= 11 is 0. The molecule has 0 aliphatic carbocycles. The molecule has 0 N–H and O–H groups in total. The molecule has 0 aliphatic heterocycles. The maximum absolute atomic E-state index is 13.3. The third kappa shape index (κ3) is 8.73. The molecule has 0 heterocycles. The van der Waals surface area contributed by atoms with Crippen molar-refractivity contribution in [3.63, 3.8) is 0 Å². The van der Waals surface area contributed by atoms with E-state index in [0.29, 0.717) is 17.4 Å². The van der Waals surface area contributed by atoms with Gasteiger partial charge in [0.15, 0.2) is 0 Å². The van der Waals surface area contributed by atoms with Crippen LogP contribution in [0.1, 0.15) is 116 Å². The Kier molecular flexibility index (Phi) is 10.1. The molecule has 0 aliphatic rings. The van der Waals surface area contributed by atoms with Crippen LogP contribution < -0.4 is 9.47 Å². The zero-order valence-corrected chi connectivity index (χ0v) is 28.0. The highest BCUT2D eigenvalue weighted by molar-refractivity contribution is 5.68. The van der Waals surface area contributed by atoms with Crippen molar-refractivity contribution in [2.45, 2.75) is 132 Å². The number of benzene rings is 2. The van der Waals surface area contributed by atoms with Gasteiger partial charge in [-0.2, -0.15) is 0 Å². The van der Waals surface area contributed by atoms with Gasteiger partial charge in [0.05, 0.1) is 0 Å². The lowest BCUT2D eigenvalue weighted by atomic mass is 9.71. The van der Waals surface area contributed by atoms with Crippen LogP contribution in [0.4, 0.5) is 9.59 Å². The fourth-order valence-electron chi connectivity index (χ4n) is 4.74. The van der Waals surface area contributed by atoms with E-state index in [1.807, 2.05) is 60.6 Å². The van der Waals surface area contributed by atoms with Gasteiger partial charge in [0.2, 0.25) is 0 Å². The van der Waals surface area contributed by atoms with Crippen molar-refractivity contribution in [3.05, 3.63) is 57.6 Å². The topological polar surface area (TPSA) is 71.1 Å². The molecule has 0 atom stereocenters. The molecule has 228 valence electrons. The van der Waals surface area contributed by atoms with E-state index in [1.54, 1.807) is 20.8 Å². The van der Waals surface area contributed by atoms with E-state index in [1.165, 1.54) is 5.56 Å². The second-order valence-corrected chi connectivity index (χ2v) is 14.7. The molecule has 0 fully saturated rings. The summed E-state index contributed by atoms with van der Waals surface area (Å²) in [6.07, 6.45) is -0.535. The summed E-state index contributed by atoms with van der Waals surface area (Å²) in [5.41, 5.74) is 3.19. The quantitative estimate of drug-likeness (QED) is 0.245. The highest BCUT2D eigenvalue weighted by Crippen LogP contribution is 2.41. The van der Waals surface area contributed by atoms with E-state index in [9.17, 15) is 9.59 Å². The van der Waals surface area contributed by atoms with Crippen LogP contribution in [0, 0.1) is 26.7 Å². The van der Waals surface area contributed by atoms with Crippen molar-refractivity contribution in [2.75, 3.05) is 0 Å². The van der Waals surface area contributed by atoms with Crippen LogP contribution in [0.3, 0.4) is 0 Å². The summed E-state index contributed by atoms with van der Waals surface area (Å²) in [5, 5.41) is 0. The fourth-order valence-corrected chi connectivity index (χ4v) is 4.74. The first kappa shape index (κ1) is 34.2. The number of carbonyl (C=O) groups is 2. The van der Waals surface area contributed by atoms with Crippen molar-refractivity contribution < 1.29 is 28.5 Å². The van der Waals surface area contributed by atoms with Gasteiger partial charge in [0.1, 0.15) is 22.7 Å². The van der Waals surface area contributed by atoms with E-state index >= 15 is 0 Å². The zero-order chi connectivity index (χ0) is 31.7. The minimum absolute atomic E-state index is 0.222. The smallest absolute Gasteiger partial charge is 0.428 e. The molecule has 6 nitrogen and oxygen atoms in total. The van der Waals surface area contributed by atoms with Gasteiger partial charge >= 0.3 is 12.3 Å². The maximum atomic E-state index is 13.3. The molecule has 0 radical (unpaired) electrons. The molecule has 41 heavy (non-hydrogen) atoms. The second-order valence-electron chi connectivity index (χ2n) is 14.7. The van der Waals surface area contributed by atoms with Gasteiger partial charge in [-0.1, -0.05) is 72.7 Å². The molecule has 0 amide bonds. The Morgan fingerprint density at radius 1 is 0.683 bits per heavy atom. The molecule has 2 aromatic carbocycles. The number of hydrogen-bond acceptors (Lipinski definition) is 6. The minimum atomic E-state index is -0.941. The summed E-state index contributed by atoms with van der Waals surface area (Å²) < 4.78 is 22.9. The third-order valence-electron chi connectivity index (χ3n) is 7.57. The van der Waals surface area contributed by atoms with Crippen LogP contribution in [0.2, 0.25) is 0 Å². The Balaban J connectivity index is 2.34. The van der Waals surface area contributed by atoms with Gasteiger partial charge in [-0.05, 0) is 101 Å². The first-order chi connectivity index (χ1) is 18.4. The average Bonchev–Trinajstić information content (AvgIpc) is 2.74. The molecule has 0 saturated carbocycles. The molecule has 0 aromatic heterocycles. The lowest BCUT2D eigenvalue weighted by Crippen LogP contribution is -2.47. The fraction of sp³-hybridized carbons (Fsp3) is 0.600. The monoisotopic (exact) mass is 568 g/mol. The maximum Gasteiger partial charge on any atom is 0.514 e. The molecule has 0 saturated heterocycles. The van der Waals surface area contributed by atoms with Crippen LogP contribution in [0.25, 0.3) is 0 Å². The van der Waals surface area contributed by atoms with Crippen LogP contribution in [-0.2, 0) is 26.7 Å². The van der Waals surface area contributed by atoms with Gasteiger partial charge in [-0.25, -0.2) is 9.59 Å². The Morgan fingerprint density at radius 2 is 1.15 bits per heavy atom. The van der Waals surface area contributed by atoms with E-state index in [2.05, 4.69) is 46.8 Å². The average molecular weight is 569 g/mol. The largest absolute Gasteiger partial charge is 0.514 e. The van der Waals surface area contributed by atoms with E-state index in [0.717, 1.165) is 34.2 Å². The van der Waals surface area contributed by atoms with Crippen molar-refractivity contribution >= 4 is 12.3 Å². The molecule has 6 heteroatoms. The molecular formula is C35H52O6. The summed E-state index contributed by atoms with van der Waals surface area (Å²) in [6.45, 7) is 29.7. The molecule has 2 aromatic rings. The van der Waals surface area contributed by atoms with Gasteiger partial charge in [0.25, 0.3) is 0 Å². The first-order valence-corrected chi connectivity index (χ1v) is 14.5. The van der Waals surface area contributed by atoms with Crippen LogP contribution in [0.15, 0.2) is 24.3 Å². The number of rotatable bonds is 7. The predicted molar refractivity (Wildman–Crippen MR) is 165 cm³/mol. The number of hydrogen-bond donors (Lipinski definition) is 0. The lowest BCUT2D eigenvalue weighted by Gasteiger charge is -2.41.